The second kappa shape index (κ2) is 6.54. The zero-order chi connectivity index (χ0) is 17.1. The molecule has 3 aromatic rings. The molecule has 1 aromatic heterocycles. The molecule has 0 fully saturated rings. The Morgan fingerprint density at radius 3 is 2.62 bits per heavy atom. The SMILES string of the molecule is Cc1ccn(-c2ccccc2CNc2ccc([N+](=O)[O-])cc2C)n1. The molecule has 0 amide bonds. The van der Waals surface area contributed by atoms with Crippen molar-refractivity contribution in [1.82, 2.24) is 9.78 Å². The molecule has 3 rings (SSSR count). The number of anilines is 1. The van der Waals surface area contributed by atoms with Gasteiger partial charge in [-0.3, -0.25) is 10.1 Å². The van der Waals surface area contributed by atoms with Gasteiger partial charge in [0, 0.05) is 30.6 Å². The van der Waals surface area contributed by atoms with E-state index in [1.807, 2.05) is 55.1 Å². The minimum Gasteiger partial charge on any atom is -0.381 e. The molecule has 0 unspecified atom stereocenters. The summed E-state index contributed by atoms with van der Waals surface area (Å²) in [7, 11) is 0. The van der Waals surface area contributed by atoms with Crippen LogP contribution in [0.25, 0.3) is 5.69 Å². The van der Waals surface area contributed by atoms with Gasteiger partial charge in [-0.15, -0.1) is 0 Å². The van der Waals surface area contributed by atoms with Crippen LogP contribution in [0.5, 0.6) is 0 Å². The molecule has 6 nitrogen and oxygen atoms in total. The van der Waals surface area contributed by atoms with E-state index in [4.69, 9.17) is 0 Å². The molecule has 1 N–H and O–H groups in total. The van der Waals surface area contributed by atoms with Crippen molar-refractivity contribution in [3.8, 4) is 5.69 Å². The summed E-state index contributed by atoms with van der Waals surface area (Å²) in [6.45, 7) is 4.42. The first-order chi connectivity index (χ1) is 11.5. The summed E-state index contributed by atoms with van der Waals surface area (Å²) in [5, 5.41) is 18.6. The molecule has 0 spiro atoms. The highest BCUT2D eigenvalue weighted by molar-refractivity contribution is 5.56. The van der Waals surface area contributed by atoms with Gasteiger partial charge in [-0.25, -0.2) is 4.68 Å². The van der Waals surface area contributed by atoms with Crippen LogP contribution in [-0.2, 0) is 6.54 Å². The predicted molar refractivity (Wildman–Crippen MR) is 93.5 cm³/mol. The maximum absolute atomic E-state index is 10.8. The lowest BCUT2D eigenvalue weighted by molar-refractivity contribution is -0.384. The van der Waals surface area contributed by atoms with Gasteiger partial charge in [0.15, 0.2) is 0 Å². The van der Waals surface area contributed by atoms with Crippen LogP contribution >= 0.6 is 0 Å². The van der Waals surface area contributed by atoms with E-state index in [2.05, 4.69) is 10.4 Å². The highest BCUT2D eigenvalue weighted by Gasteiger charge is 2.09. The first-order valence-corrected chi connectivity index (χ1v) is 7.64. The van der Waals surface area contributed by atoms with Gasteiger partial charge in [-0.05, 0) is 43.2 Å². The van der Waals surface area contributed by atoms with Crippen LogP contribution in [0, 0.1) is 24.0 Å². The third kappa shape index (κ3) is 3.27. The minimum absolute atomic E-state index is 0.102. The highest BCUT2D eigenvalue weighted by atomic mass is 16.6. The summed E-state index contributed by atoms with van der Waals surface area (Å²) >= 11 is 0. The molecule has 2 aromatic carbocycles. The number of para-hydroxylation sites is 1. The van der Waals surface area contributed by atoms with Crippen molar-refractivity contribution in [1.29, 1.82) is 0 Å². The number of hydrogen-bond acceptors (Lipinski definition) is 4. The lowest BCUT2D eigenvalue weighted by Gasteiger charge is -2.13. The number of aromatic nitrogens is 2. The van der Waals surface area contributed by atoms with Crippen LogP contribution in [0.15, 0.2) is 54.7 Å². The van der Waals surface area contributed by atoms with Crippen molar-refractivity contribution < 1.29 is 4.92 Å². The Kier molecular flexibility index (Phi) is 4.29. The fourth-order valence-electron chi connectivity index (χ4n) is 2.58. The summed E-state index contributed by atoms with van der Waals surface area (Å²) in [6.07, 6.45) is 1.94. The molecule has 0 aliphatic carbocycles. The molecule has 0 saturated carbocycles. The highest BCUT2D eigenvalue weighted by Crippen LogP contribution is 2.23. The monoisotopic (exact) mass is 322 g/mol. The third-order valence-electron chi connectivity index (χ3n) is 3.85. The van der Waals surface area contributed by atoms with Crippen molar-refractivity contribution in [2.75, 3.05) is 5.32 Å². The number of nitro benzene ring substituents is 1. The summed E-state index contributed by atoms with van der Waals surface area (Å²) in [4.78, 5) is 10.4. The van der Waals surface area contributed by atoms with Crippen molar-refractivity contribution in [2.45, 2.75) is 20.4 Å². The normalized spacial score (nSPS) is 10.6. The number of non-ortho nitro benzene ring substituents is 1. The first kappa shape index (κ1) is 15.7. The van der Waals surface area contributed by atoms with Crippen LogP contribution in [-0.4, -0.2) is 14.7 Å². The Balaban J connectivity index is 1.82. The fraction of sp³-hybridized carbons (Fsp3) is 0.167. The van der Waals surface area contributed by atoms with E-state index in [-0.39, 0.29) is 10.6 Å². The van der Waals surface area contributed by atoms with Gasteiger partial charge in [-0.2, -0.15) is 5.10 Å². The number of hydrogen-bond donors (Lipinski definition) is 1. The molecule has 24 heavy (non-hydrogen) atoms. The maximum atomic E-state index is 10.8. The van der Waals surface area contributed by atoms with E-state index in [1.54, 1.807) is 12.1 Å². The van der Waals surface area contributed by atoms with Gasteiger partial charge in [0.2, 0.25) is 0 Å². The Morgan fingerprint density at radius 2 is 1.96 bits per heavy atom. The average molecular weight is 322 g/mol. The van der Waals surface area contributed by atoms with Crippen LogP contribution < -0.4 is 5.32 Å². The summed E-state index contributed by atoms with van der Waals surface area (Å²) in [5.41, 5.74) is 4.90. The van der Waals surface area contributed by atoms with Crippen molar-refractivity contribution >= 4 is 11.4 Å². The van der Waals surface area contributed by atoms with Gasteiger partial charge < -0.3 is 5.32 Å². The largest absolute Gasteiger partial charge is 0.381 e. The average Bonchev–Trinajstić information content (AvgIpc) is 3.00. The van der Waals surface area contributed by atoms with Gasteiger partial charge >= 0.3 is 0 Å². The molecule has 0 bridgehead atoms. The third-order valence-corrected chi connectivity index (χ3v) is 3.85. The molecule has 1 heterocycles. The Hall–Kier alpha value is -3.15. The van der Waals surface area contributed by atoms with Gasteiger partial charge in [0.25, 0.3) is 5.69 Å². The van der Waals surface area contributed by atoms with Crippen molar-refractivity contribution in [3.05, 3.63) is 81.7 Å². The smallest absolute Gasteiger partial charge is 0.269 e. The molecule has 0 atom stereocenters. The topological polar surface area (TPSA) is 73.0 Å². The van der Waals surface area contributed by atoms with Crippen molar-refractivity contribution in [3.63, 3.8) is 0 Å². The zero-order valence-corrected chi connectivity index (χ0v) is 13.6. The number of benzene rings is 2. The summed E-state index contributed by atoms with van der Waals surface area (Å²) in [5.74, 6) is 0. The maximum Gasteiger partial charge on any atom is 0.269 e. The van der Waals surface area contributed by atoms with Crippen LogP contribution in [0.2, 0.25) is 0 Å². The minimum atomic E-state index is -0.383. The number of nitrogens with one attached hydrogen (secondary N) is 1. The van der Waals surface area contributed by atoms with Crippen LogP contribution in [0.1, 0.15) is 16.8 Å². The van der Waals surface area contributed by atoms with Gasteiger partial charge in [-0.1, -0.05) is 18.2 Å². The first-order valence-electron chi connectivity index (χ1n) is 7.64. The molecule has 122 valence electrons. The lowest BCUT2D eigenvalue weighted by Crippen LogP contribution is -2.06. The number of nitro groups is 1. The zero-order valence-electron chi connectivity index (χ0n) is 13.6. The van der Waals surface area contributed by atoms with Crippen LogP contribution in [0.4, 0.5) is 11.4 Å². The second-order valence-corrected chi connectivity index (χ2v) is 5.64. The van der Waals surface area contributed by atoms with E-state index in [1.165, 1.54) is 6.07 Å². The van der Waals surface area contributed by atoms with E-state index in [0.717, 1.165) is 28.2 Å². The molecule has 6 heteroatoms. The van der Waals surface area contributed by atoms with Crippen molar-refractivity contribution in [2.24, 2.45) is 0 Å². The fourth-order valence-corrected chi connectivity index (χ4v) is 2.58. The standard InChI is InChI=1S/C18H18N4O2/c1-13-11-16(22(23)24)7-8-17(13)19-12-15-5-3-4-6-18(15)21-10-9-14(2)20-21/h3-11,19H,12H2,1-2H3. The predicted octanol–water partition coefficient (Wildman–Crippen LogP) is 4.01. The van der Waals surface area contributed by atoms with Crippen LogP contribution in [0.3, 0.4) is 0 Å². The Labute approximate surface area is 139 Å². The Morgan fingerprint density at radius 1 is 1.17 bits per heavy atom. The number of rotatable bonds is 5. The molecule has 0 radical (unpaired) electrons. The second-order valence-electron chi connectivity index (χ2n) is 5.64. The molecular weight excluding hydrogens is 304 g/mol. The summed E-state index contributed by atoms with van der Waals surface area (Å²) < 4.78 is 1.86. The van der Waals surface area contributed by atoms with E-state index < -0.39 is 0 Å². The lowest BCUT2D eigenvalue weighted by atomic mass is 10.1. The van der Waals surface area contributed by atoms with E-state index in [9.17, 15) is 10.1 Å². The molecular formula is C18H18N4O2. The van der Waals surface area contributed by atoms with Gasteiger partial charge in [0.05, 0.1) is 16.3 Å². The quantitative estimate of drug-likeness (QED) is 0.569. The van der Waals surface area contributed by atoms with E-state index in [0.29, 0.717) is 6.54 Å². The molecule has 0 saturated heterocycles. The number of aryl methyl sites for hydroxylation is 2. The van der Waals surface area contributed by atoms with Gasteiger partial charge in [0.1, 0.15) is 0 Å². The number of nitrogens with zero attached hydrogens (tertiary/aromatic N) is 3. The summed E-state index contributed by atoms with van der Waals surface area (Å²) in [6, 6.07) is 14.8. The molecule has 0 aliphatic heterocycles. The van der Waals surface area contributed by atoms with E-state index >= 15 is 0 Å². The Bertz CT molecular complexity index is 886. The molecule has 0 aliphatic rings.